The lowest BCUT2D eigenvalue weighted by Gasteiger charge is -1.92. The monoisotopic (exact) mass is 213 g/mol. The van der Waals surface area contributed by atoms with Crippen LogP contribution in [0.3, 0.4) is 0 Å². The Morgan fingerprint density at radius 1 is 1.50 bits per heavy atom. The summed E-state index contributed by atoms with van der Waals surface area (Å²) in [6, 6.07) is 5.19. The number of rotatable bonds is 2. The fraction of sp³-hybridized carbons (Fsp3) is 0. The second kappa shape index (κ2) is 3.87. The first kappa shape index (κ1) is 9.93. The highest BCUT2D eigenvalue weighted by atomic mass is 16.6. The van der Waals surface area contributed by atoms with Gasteiger partial charge in [-0.2, -0.15) is 0 Å². The van der Waals surface area contributed by atoms with Crippen molar-refractivity contribution in [3.05, 3.63) is 57.7 Å². The minimum Gasteiger partial charge on any atom is -0.361 e. The van der Waals surface area contributed by atoms with Crippen LogP contribution in [-0.4, -0.2) is 9.91 Å². The van der Waals surface area contributed by atoms with Crippen molar-refractivity contribution in [3.8, 4) is 0 Å². The lowest BCUT2D eigenvalue weighted by atomic mass is 10.1. The van der Waals surface area contributed by atoms with E-state index in [2.05, 4.69) is 9.83 Å². The van der Waals surface area contributed by atoms with Gasteiger partial charge in [0.1, 0.15) is 0 Å². The molecular formula is C11H7N3O2. The minimum atomic E-state index is -0.516. The van der Waals surface area contributed by atoms with Gasteiger partial charge in [-0.1, -0.05) is 6.07 Å². The van der Waals surface area contributed by atoms with E-state index in [0.29, 0.717) is 11.3 Å². The van der Waals surface area contributed by atoms with Crippen LogP contribution in [0.5, 0.6) is 0 Å². The Labute approximate surface area is 91.0 Å². The zero-order valence-electron chi connectivity index (χ0n) is 8.18. The predicted molar refractivity (Wildman–Crippen MR) is 60.6 cm³/mol. The van der Waals surface area contributed by atoms with Gasteiger partial charge in [0.25, 0.3) is 0 Å². The van der Waals surface area contributed by atoms with E-state index in [1.54, 1.807) is 24.4 Å². The summed E-state index contributed by atoms with van der Waals surface area (Å²) < 4.78 is 0. The molecule has 0 aliphatic carbocycles. The molecule has 78 valence electrons. The van der Waals surface area contributed by atoms with Gasteiger partial charge in [0.15, 0.2) is 5.69 Å². The highest BCUT2D eigenvalue weighted by Gasteiger charge is 2.02. The SMILES string of the molecule is [C-]#[N+]c1ccc2[nH]cc(/C=C/[N+](=O)[O-])c2c1. The van der Waals surface area contributed by atoms with Crippen LogP contribution in [0.4, 0.5) is 5.69 Å². The maximum absolute atomic E-state index is 10.2. The molecule has 1 aromatic carbocycles. The Balaban J connectivity index is 2.55. The minimum absolute atomic E-state index is 0.516. The van der Waals surface area contributed by atoms with Crippen molar-refractivity contribution >= 4 is 22.7 Å². The standard InChI is InChI=1S/C11H7N3O2/c1-12-9-2-3-11-10(6-9)8(7-13-11)4-5-14(15)16/h2-7,13H/b5-4+. The van der Waals surface area contributed by atoms with Crippen molar-refractivity contribution in [1.29, 1.82) is 0 Å². The largest absolute Gasteiger partial charge is 0.361 e. The third kappa shape index (κ3) is 1.77. The molecule has 0 spiro atoms. The van der Waals surface area contributed by atoms with Crippen LogP contribution < -0.4 is 0 Å². The van der Waals surface area contributed by atoms with E-state index in [4.69, 9.17) is 6.57 Å². The number of hydrogen-bond acceptors (Lipinski definition) is 2. The molecule has 5 nitrogen and oxygen atoms in total. The summed E-state index contributed by atoms with van der Waals surface area (Å²) in [5.41, 5.74) is 2.08. The number of nitrogens with one attached hydrogen (secondary N) is 1. The molecule has 5 heteroatoms. The van der Waals surface area contributed by atoms with Gasteiger partial charge in [-0.05, 0) is 17.5 Å². The molecule has 2 rings (SSSR count). The lowest BCUT2D eigenvalue weighted by molar-refractivity contribution is -0.400. The number of nitro groups is 1. The van der Waals surface area contributed by atoms with Gasteiger partial charge in [-0.25, -0.2) is 4.85 Å². The zero-order valence-corrected chi connectivity index (χ0v) is 8.18. The number of fused-ring (bicyclic) bond motifs is 1. The Morgan fingerprint density at radius 2 is 2.31 bits per heavy atom. The molecule has 0 aliphatic rings. The summed E-state index contributed by atoms with van der Waals surface area (Å²) in [4.78, 5) is 16.0. The molecule has 1 aromatic heterocycles. The van der Waals surface area contributed by atoms with Crippen LogP contribution in [0.15, 0.2) is 30.6 Å². The molecule has 0 unspecified atom stereocenters. The molecule has 0 atom stereocenters. The fourth-order valence-corrected chi connectivity index (χ4v) is 1.48. The summed E-state index contributed by atoms with van der Waals surface area (Å²) >= 11 is 0. The van der Waals surface area contributed by atoms with Gasteiger partial charge in [0, 0.05) is 23.4 Å². The molecular weight excluding hydrogens is 206 g/mol. The van der Waals surface area contributed by atoms with E-state index in [1.807, 2.05) is 0 Å². The number of nitrogens with zero attached hydrogens (tertiary/aromatic N) is 2. The molecule has 1 heterocycles. The summed E-state index contributed by atoms with van der Waals surface area (Å²) in [5.74, 6) is 0. The Hall–Kier alpha value is -2.61. The van der Waals surface area contributed by atoms with E-state index < -0.39 is 4.92 Å². The van der Waals surface area contributed by atoms with Crippen LogP contribution in [0.1, 0.15) is 5.56 Å². The van der Waals surface area contributed by atoms with Crippen LogP contribution >= 0.6 is 0 Å². The average Bonchev–Trinajstić information content (AvgIpc) is 2.68. The van der Waals surface area contributed by atoms with E-state index >= 15 is 0 Å². The quantitative estimate of drug-likeness (QED) is 0.473. The first-order chi connectivity index (χ1) is 7.70. The van der Waals surface area contributed by atoms with E-state index in [1.165, 1.54) is 6.08 Å². The molecule has 0 fully saturated rings. The molecule has 0 saturated heterocycles. The van der Waals surface area contributed by atoms with Gasteiger partial charge >= 0.3 is 0 Å². The number of H-pyrrole nitrogens is 1. The summed E-state index contributed by atoms with van der Waals surface area (Å²) in [5, 5.41) is 11.0. The first-order valence-corrected chi connectivity index (χ1v) is 4.51. The summed E-state index contributed by atoms with van der Waals surface area (Å²) in [6.07, 6.45) is 3.97. The zero-order chi connectivity index (χ0) is 11.5. The third-order valence-corrected chi connectivity index (χ3v) is 2.20. The van der Waals surface area contributed by atoms with Crippen molar-refractivity contribution in [2.24, 2.45) is 0 Å². The van der Waals surface area contributed by atoms with Crippen LogP contribution in [0.2, 0.25) is 0 Å². The van der Waals surface area contributed by atoms with Crippen molar-refractivity contribution in [2.45, 2.75) is 0 Å². The van der Waals surface area contributed by atoms with Crippen molar-refractivity contribution in [2.75, 3.05) is 0 Å². The Kier molecular flexibility index (Phi) is 2.40. The van der Waals surface area contributed by atoms with Gasteiger partial charge in [-0.15, -0.1) is 0 Å². The average molecular weight is 213 g/mol. The van der Waals surface area contributed by atoms with Crippen LogP contribution in [0.25, 0.3) is 21.8 Å². The number of aromatic amines is 1. The van der Waals surface area contributed by atoms with E-state index in [9.17, 15) is 10.1 Å². The van der Waals surface area contributed by atoms with Crippen molar-refractivity contribution in [3.63, 3.8) is 0 Å². The molecule has 0 aliphatic heterocycles. The summed E-state index contributed by atoms with van der Waals surface area (Å²) in [7, 11) is 0. The van der Waals surface area contributed by atoms with Gasteiger partial charge in [0.2, 0.25) is 6.20 Å². The van der Waals surface area contributed by atoms with E-state index in [0.717, 1.165) is 17.1 Å². The van der Waals surface area contributed by atoms with Crippen LogP contribution in [0, 0.1) is 16.7 Å². The lowest BCUT2D eigenvalue weighted by Crippen LogP contribution is -1.81. The van der Waals surface area contributed by atoms with Crippen molar-refractivity contribution in [1.82, 2.24) is 4.98 Å². The maximum Gasteiger partial charge on any atom is 0.235 e. The Bertz CT molecular complexity index is 620. The predicted octanol–water partition coefficient (Wildman–Crippen LogP) is 2.97. The first-order valence-electron chi connectivity index (χ1n) is 4.51. The number of hydrogen-bond donors (Lipinski definition) is 1. The third-order valence-electron chi connectivity index (χ3n) is 2.20. The van der Waals surface area contributed by atoms with Crippen molar-refractivity contribution < 1.29 is 4.92 Å². The molecule has 0 radical (unpaired) electrons. The van der Waals surface area contributed by atoms with E-state index in [-0.39, 0.29) is 0 Å². The number of aromatic nitrogens is 1. The van der Waals surface area contributed by atoms with Crippen LogP contribution in [-0.2, 0) is 0 Å². The Morgan fingerprint density at radius 3 is 3.00 bits per heavy atom. The molecule has 2 aromatic rings. The highest BCUT2D eigenvalue weighted by molar-refractivity contribution is 5.91. The second-order valence-corrected chi connectivity index (χ2v) is 3.19. The molecule has 1 N–H and O–H groups in total. The molecule has 0 bridgehead atoms. The molecule has 0 amide bonds. The van der Waals surface area contributed by atoms with Gasteiger partial charge in [0.05, 0.1) is 11.5 Å². The fourth-order valence-electron chi connectivity index (χ4n) is 1.48. The summed E-state index contributed by atoms with van der Waals surface area (Å²) in [6.45, 7) is 6.90. The normalized spacial score (nSPS) is 10.7. The topological polar surface area (TPSA) is 63.3 Å². The highest BCUT2D eigenvalue weighted by Crippen LogP contribution is 2.24. The number of benzene rings is 1. The molecule has 16 heavy (non-hydrogen) atoms. The smallest absolute Gasteiger partial charge is 0.235 e. The second-order valence-electron chi connectivity index (χ2n) is 3.19. The van der Waals surface area contributed by atoms with Gasteiger partial charge < -0.3 is 4.98 Å². The molecule has 0 saturated carbocycles. The van der Waals surface area contributed by atoms with Gasteiger partial charge in [-0.3, -0.25) is 10.1 Å². The maximum atomic E-state index is 10.2.